The minimum Gasteiger partial charge on any atom is -0.464 e. The van der Waals surface area contributed by atoms with Crippen molar-refractivity contribution in [2.45, 2.75) is 0 Å². The zero-order chi connectivity index (χ0) is 9.97. The third-order valence-corrected chi connectivity index (χ3v) is 1.84. The van der Waals surface area contributed by atoms with E-state index in [1.54, 1.807) is 18.5 Å². The van der Waals surface area contributed by atoms with Gasteiger partial charge in [0.05, 0.1) is 6.26 Å². The Balaban J connectivity index is 0.00000112. The number of halogens is 1. The summed E-state index contributed by atoms with van der Waals surface area (Å²) in [7, 11) is 0. The Morgan fingerprint density at radius 2 is 2.20 bits per heavy atom. The van der Waals surface area contributed by atoms with Crippen molar-refractivity contribution < 1.29 is 4.42 Å². The molecule has 3 N–H and O–H groups in total. The lowest BCUT2D eigenvalue weighted by molar-refractivity contribution is 0.582. The molecule has 0 fully saturated rings. The Hall–Kier alpha value is -1.81. The second-order valence-corrected chi connectivity index (χ2v) is 2.82. The first kappa shape index (κ1) is 11.3. The third kappa shape index (κ3) is 2.35. The van der Waals surface area contributed by atoms with Gasteiger partial charge in [-0.05, 0) is 24.3 Å². The number of nitrogens with zero attached hydrogens (tertiary/aromatic N) is 1. The summed E-state index contributed by atoms with van der Waals surface area (Å²) in [4.78, 5) is 3.96. The zero-order valence-electron chi connectivity index (χ0n) is 7.81. The molecule has 2 heterocycles. The van der Waals surface area contributed by atoms with Gasteiger partial charge in [0.15, 0.2) is 0 Å². The van der Waals surface area contributed by atoms with E-state index in [4.69, 9.17) is 15.6 Å². The number of pyridine rings is 1. The first-order valence-electron chi connectivity index (χ1n) is 4.12. The van der Waals surface area contributed by atoms with Crippen LogP contribution in [0.2, 0.25) is 0 Å². The average Bonchev–Trinajstić information content (AvgIpc) is 2.71. The fourth-order valence-electron chi connectivity index (χ4n) is 1.17. The zero-order valence-corrected chi connectivity index (χ0v) is 8.62. The molecule has 0 atom stereocenters. The topological polar surface area (TPSA) is 75.9 Å². The Kier molecular flexibility index (Phi) is 3.46. The van der Waals surface area contributed by atoms with E-state index in [1.165, 1.54) is 0 Å². The molecule has 0 spiro atoms. The van der Waals surface area contributed by atoms with Gasteiger partial charge in [-0.2, -0.15) is 0 Å². The first-order valence-corrected chi connectivity index (χ1v) is 4.12. The van der Waals surface area contributed by atoms with Crippen LogP contribution in [0.4, 0.5) is 0 Å². The second-order valence-electron chi connectivity index (χ2n) is 2.82. The van der Waals surface area contributed by atoms with Crippen LogP contribution >= 0.6 is 12.4 Å². The van der Waals surface area contributed by atoms with Gasteiger partial charge in [-0.3, -0.25) is 10.4 Å². The number of furan rings is 1. The van der Waals surface area contributed by atoms with Gasteiger partial charge in [-0.15, -0.1) is 12.4 Å². The summed E-state index contributed by atoms with van der Waals surface area (Å²) in [5, 5.41) is 7.24. The van der Waals surface area contributed by atoms with E-state index in [2.05, 4.69) is 4.98 Å². The fraction of sp³-hybridized carbons (Fsp3) is 0. The molecule has 5 heteroatoms. The van der Waals surface area contributed by atoms with Gasteiger partial charge in [0.25, 0.3) is 0 Å². The lowest BCUT2D eigenvalue weighted by atomic mass is 10.2. The summed E-state index contributed by atoms with van der Waals surface area (Å²) in [5.74, 6) is 0.702. The monoisotopic (exact) mass is 223 g/mol. The highest BCUT2D eigenvalue weighted by molar-refractivity contribution is 5.93. The van der Waals surface area contributed by atoms with Crippen molar-refractivity contribution in [1.29, 1.82) is 5.41 Å². The van der Waals surface area contributed by atoms with Gasteiger partial charge in [0.2, 0.25) is 0 Å². The van der Waals surface area contributed by atoms with Crippen molar-refractivity contribution in [2.24, 2.45) is 5.73 Å². The van der Waals surface area contributed by atoms with E-state index in [1.807, 2.05) is 18.2 Å². The normalized spacial score (nSPS) is 9.33. The number of amidine groups is 1. The Labute approximate surface area is 93.0 Å². The molecule has 15 heavy (non-hydrogen) atoms. The lowest BCUT2D eigenvalue weighted by Crippen LogP contribution is -2.12. The molecule has 0 amide bonds. The van der Waals surface area contributed by atoms with Crippen molar-refractivity contribution in [2.75, 3.05) is 0 Å². The summed E-state index contributed by atoms with van der Waals surface area (Å²) in [6, 6.07) is 7.19. The Morgan fingerprint density at radius 3 is 2.80 bits per heavy atom. The van der Waals surface area contributed by atoms with E-state index >= 15 is 0 Å². The van der Waals surface area contributed by atoms with E-state index in [-0.39, 0.29) is 18.2 Å². The fourth-order valence-corrected chi connectivity index (χ4v) is 1.17. The van der Waals surface area contributed by atoms with Crippen LogP contribution in [-0.4, -0.2) is 10.8 Å². The van der Waals surface area contributed by atoms with E-state index < -0.39 is 0 Å². The van der Waals surface area contributed by atoms with Crippen LogP contribution in [0.15, 0.2) is 41.1 Å². The van der Waals surface area contributed by atoms with Gasteiger partial charge < -0.3 is 10.2 Å². The summed E-state index contributed by atoms with van der Waals surface area (Å²) < 4.78 is 5.22. The largest absolute Gasteiger partial charge is 0.464 e. The number of nitrogens with one attached hydrogen (secondary N) is 1. The van der Waals surface area contributed by atoms with E-state index in [0.29, 0.717) is 5.69 Å². The predicted molar refractivity (Wildman–Crippen MR) is 60.2 cm³/mol. The summed E-state index contributed by atoms with van der Waals surface area (Å²) in [6.07, 6.45) is 3.21. The highest BCUT2D eigenvalue weighted by Gasteiger charge is 2.03. The minimum atomic E-state index is -0.0431. The number of hydrogen-bond donors (Lipinski definition) is 2. The lowest BCUT2D eigenvalue weighted by Gasteiger charge is -1.99. The van der Waals surface area contributed by atoms with Gasteiger partial charge in [-0.25, -0.2) is 0 Å². The molecule has 0 saturated carbocycles. The van der Waals surface area contributed by atoms with Crippen molar-refractivity contribution in [3.05, 3.63) is 42.4 Å². The molecule has 0 unspecified atom stereocenters. The van der Waals surface area contributed by atoms with Crippen LogP contribution in [0.1, 0.15) is 5.69 Å². The van der Waals surface area contributed by atoms with Crippen LogP contribution in [0.3, 0.4) is 0 Å². The molecule has 0 aliphatic rings. The summed E-state index contributed by atoms with van der Waals surface area (Å²) in [6.45, 7) is 0. The van der Waals surface area contributed by atoms with Gasteiger partial charge in [-0.1, -0.05) is 0 Å². The number of nitrogen functional groups attached to an aromatic ring is 1. The summed E-state index contributed by atoms with van der Waals surface area (Å²) >= 11 is 0. The molecule has 0 aromatic carbocycles. The minimum absolute atomic E-state index is 0. The smallest absolute Gasteiger partial charge is 0.141 e. The number of nitrogens with two attached hydrogens (primary N) is 1. The van der Waals surface area contributed by atoms with Crippen LogP contribution in [0.5, 0.6) is 0 Å². The molecular formula is C10H10ClN3O. The highest BCUT2D eigenvalue weighted by atomic mass is 35.5. The van der Waals surface area contributed by atoms with Crippen molar-refractivity contribution in [3.63, 3.8) is 0 Å². The second kappa shape index (κ2) is 4.61. The number of aromatic nitrogens is 1. The Morgan fingerprint density at radius 1 is 1.40 bits per heavy atom. The molecule has 0 aliphatic carbocycles. The molecule has 78 valence electrons. The van der Waals surface area contributed by atoms with Gasteiger partial charge in [0.1, 0.15) is 17.3 Å². The predicted octanol–water partition coefficient (Wildman–Crippen LogP) is 2.05. The van der Waals surface area contributed by atoms with Crippen LogP contribution < -0.4 is 5.73 Å². The molecule has 2 aromatic rings. The van der Waals surface area contributed by atoms with Crippen LogP contribution in [0, 0.1) is 5.41 Å². The molecule has 0 aliphatic heterocycles. The molecule has 0 radical (unpaired) electrons. The molecule has 0 saturated heterocycles. The summed E-state index contributed by atoms with van der Waals surface area (Å²) in [5.41, 5.74) is 6.65. The van der Waals surface area contributed by atoms with E-state index in [0.717, 1.165) is 11.3 Å². The maximum atomic E-state index is 7.24. The number of hydrogen-bond acceptors (Lipinski definition) is 3. The standard InChI is InChI=1S/C10H9N3O.ClH/c11-10(12)8-6-7(3-4-13-8)9-2-1-5-14-9;/h1-6H,(H3,11,12);1H. The molecule has 2 rings (SSSR count). The van der Waals surface area contributed by atoms with Gasteiger partial charge in [0, 0.05) is 11.8 Å². The molecule has 2 aromatic heterocycles. The molecule has 4 nitrogen and oxygen atoms in total. The maximum absolute atomic E-state index is 7.24. The van der Waals surface area contributed by atoms with Crippen LogP contribution in [0.25, 0.3) is 11.3 Å². The maximum Gasteiger partial charge on any atom is 0.141 e. The SMILES string of the molecule is Cl.N=C(N)c1cc(-c2ccco2)ccn1. The average molecular weight is 224 g/mol. The van der Waals surface area contributed by atoms with Crippen molar-refractivity contribution in [3.8, 4) is 11.3 Å². The van der Waals surface area contributed by atoms with Crippen molar-refractivity contribution >= 4 is 18.2 Å². The Bertz CT molecular complexity index is 453. The van der Waals surface area contributed by atoms with E-state index in [9.17, 15) is 0 Å². The number of rotatable bonds is 2. The quantitative estimate of drug-likeness (QED) is 0.604. The third-order valence-electron chi connectivity index (χ3n) is 1.84. The first-order chi connectivity index (χ1) is 6.77. The highest BCUT2D eigenvalue weighted by Crippen LogP contribution is 2.19. The van der Waals surface area contributed by atoms with Crippen LogP contribution in [-0.2, 0) is 0 Å². The molecule has 0 bridgehead atoms. The van der Waals surface area contributed by atoms with Crippen molar-refractivity contribution in [1.82, 2.24) is 4.98 Å². The molecular weight excluding hydrogens is 214 g/mol. The van der Waals surface area contributed by atoms with Gasteiger partial charge >= 0.3 is 0 Å².